The average molecular weight is 664 g/mol. The molecule has 4 N–H and O–H groups in total. The number of halogens is 6. The number of amides is 2. The van der Waals surface area contributed by atoms with Crippen LogP contribution in [0.4, 0.5) is 26.3 Å². The fourth-order valence-corrected chi connectivity index (χ4v) is 5.29. The molecular formula is C31H27F6N5O5. The second-order valence-corrected chi connectivity index (χ2v) is 11.7. The Bertz CT molecular complexity index is 1880. The number of alkyl halides is 5. The van der Waals surface area contributed by atoms with Gasteiger partial charge in [-0.15, -0.1) is 0 Å². The van der Waals surface area contributed by atoms with E-state index in [1.807, 2.05) is 0 Å². The van der Waals surface area contributed by atoms with Crippen LogP contribution in [-0.4, -0.2) is 63.6 Å². The van der Waals surface area contributed by atoms with Gasteiger partial charge in [-0.2, -0.15) is 13.2 Å². The van der Waals surface area contributed by atoms with Crippen LogP contribution < -0.4 is 20.5 Å². The van der Waals surface area contributed by atoms with Crippen LogP contribution in [0.5, 0.6) is 11.5 Å². The topological polar surface area (TPSA) is 141 Å². The Balaban J connectivity index is 1.38. The number of fused-ring (bicyclic) bond motifs is 2. The summed E-state index contributed by atoms with van der Waals surface area (Å²) in [5.74, 6) is -2.79. The summed E-state index contributed by atoms with van der Waals surface area (Å²) in [6.07, 6.45) is -3.73. The Morgan fingerprint density at radius 2 is 1.87 bits per heavy atom. The fourth-order valence-electron chi connectivity index (χ4n) is 5.29. The Kier molecular flexibility index (Phi) is 7.81. The predicted molar refractivity (Wildman–Crippen MR) is 153 cm³/mol. The molecule has 6 rings (SSSR count). The van der Waals surface area contributed by atoms with Crippen LogP contribution in [0.25, 0.3) is 16.9 Å². The maximum absolute atomic E-state index is 14.7. The third kappa shape index (κ3) is 5.81. The van der Waals surface area contributed by atoms with E-state index in [4.69, 9.17) is 15.2 Å². The lowest BCUT2D eigenvalue weighted by molar-refractivity contribution is -0.265. The lowest BCUT2D eigenvalue weighted by atomic mass is 9.81. The molecule has 1 saturated carbocycles. The molecule has 0 bridgehead atoms. The van der Waals surface area contributed by atoms with Crippen molar-refractivity contribution in [3.63, 3.8) is 0 Å². The van der Waals surface area contributed by atoms with Crippen LogP contribution in [-0.2, 0) is 15.8 Å². The van der Waals surface area contributed by atoms with Crippen LogP contribution in [0, 0.1) is 5.82 Å². The van der Waals surface area contributed by atoms with Gasteiger partial charge in [0, 0.05) is 29.4 Å². The summed E-state index contributed by atoms with van der Waals surface area (Å²) in [6, 6.07) is 6.45. The SMILES string of the molecule is C[C@]1(C(N)=O)COc2c1cc(C(O)(CNC(=O)c1cc(OCC(F)F)c3nc(C4CC4)cn3c1)C(F)(F)F)nc2-c1ccc(F)cc1. The molecule has 4 heterocycles. The Morgan fingerprint density at radius 1 is 1.17 bits per heavy atom. The number of aliphatic hydroxyl groups is 1. The first kappa shape index (κ1) is 32.1. The van der Waals surface area contributed by atoms with E-state index >= 15 is 0 Å². The van der Waals surface area contributed by atoms with Crippen molar-refractivity contribution in [1.29, 1.82) is 0 Å². The van der Waals surface area contributed by atoms with Crippen molar-refractivity contribution < 1.29 is 50.5 Å². The zero-order valence-electron chi connectivity index (χ0n) is 24.6. The van der Waals surface area contributed by atoms with Crippen molar-refractivity contribution in [3.05, 3.63) is 77.1 Å². The minimum absolute atomic E-state index is 0.0780. The van der Waals surface area contributed by atoms with Crippen molar-refractivity contribution in [2.45, 2.75) is 49.3 Å². The van der Waals surface area contributed by atoms with E-state index in [2.05, 4.69) is 15.3 Å². The molecule has 47 heavy (non-hydrogen) atoms. The molecule has 248 valence electrons. The highest BCUT2D eigenvalue weighted by atomic mass is 19.4. The number of nitrogens with two attached hydrogens (primary N) is 1. The van der Waals surface area contributed by atoms with E-state index < -0.39 is 60.1 Å². The zero-order valence-corrected chi connectivity index (χ0v) is 24.6. The molecule has 1 unspecified atom stereocenters. The maximum Gasteiger partial charge on any atom is 0.424 e. The number of primary amides is 1. The predicted octanol–water partition coefficient (Wildman–Crippen LogP) is 4.37. The smallest absolute Gasteiger partial charge is 0.424 e. The molecule has 1 aliphatic carbocycles. The van der Waals surface area contributed by atoms with E-state index in [0.29, 0.717) is 5.69 Å². The van der Waals surface area contributed by atoms with Gasteiger partial charge in [-0.25, -0.2) is 23.1 Å². The number of nitrogens with zero attached hydrogens (tertiary/aromatic N) is 3. The summed E-state index contributed by atoms with van der Waals surface area (Å²) in [5.41, 5.74) is -0.558. The minimum Gasteiger partial charge on any atom is -0.489 e. The molecule has 2 atom stereocenters. The number of benzene rings is 1. The molecule has 2 amide bonds. The standard InChI is InChI=1S/C31H27F6N5O5/c1-29(28(38)44)14-47-25-19(29)9-22(41-24(25)16-4-6-18(32)7-5-16)30(45,31(35,36)37)13-39-27(43)17-8-21(46-12-23(33)34)26-40-20(15-2-3-15)11-42(26)10-17/h4-11,15,23,45H,2-3,12-14H2,1H3,(H2,38,44)(H,39,43)/t29-,30?/m0/s1. The summed E-state index contributed by atoms with van der Waals surface area (Å²) in [5, 5.41) is 13.3. The van der Waals surface area contributed by atoms with Crippen molar-refractivity contribution in [2.75, 3.05) is 19.8 Å². The molecule has 4 aromatic rings. The zero-order chi connectivity index (χ0) is 33.9. The summed E-state index contributed by atoms with van der Waals surface area (Å²) < 4.78 is 96.0. The number of aromatic nitrogens is 3. The van der Waals surface area contributed by atoms with E-state index in [1.54, 1.807) is 6.20 Å². The number of imidazole rings is 1. The number of ether oxygens (including phenoxy) is 2. The van der Waals surface area contributed by atoms with Crippen LogP contribution in [0.1, 0.15) is 53.0 Å². The van der Waals surface area contributed by atoms with E-state index in [1.165, 1.54) is 29.7 Å². The molecule has 0 saturated heterocycles. The largest absolute Gasteiger partial charge is 0.489 e. The van der Waals surface area contributed by atoms with E-state index in [-0.39, 0.29) is 52.1 Å². The van der Waals surface area contributed by atoms with Gasteiger partial charge in [-0.3, -0.25) is 9.59 Å². The summed E-state index contributed by atoms with van der Waals surface area (Å²) in [6.45, 7) is -1.47. The van der Waals surface area contributed by atoms with Gasteiger partial charge < -0.3 is 30.0 Å². The van der Waals surface area contributed by atoms with Crippen LogP contribution in [0.15, 0.2) is 48.8 Å². The monoisotopic (exact) mass is 663 g/mol. The van der Waals surface area contributed by atoms with Gasteiger partial charge in [0.05, 0.1) is 23.5 Å². The van der Waals surface area contributed by atoms with Gasteiger partial charge in [0.1, 0.15) is 35.9 Å². The first-order valence-corrected chi connectivity index (χ1v) is 14.4. The fraction of sp³-hybridized carbons (Fsp3) is 0.355. The first-order chi connectivity index (χ1) is 22.1. The van der Waals surface area contributed by atoms with E-state index in [0.717, 1.165) is 37.1 Å². The van der Waals surface area contributed by atoms with Crippen LogP contribution in [0.3, 0.4) is 0 Å². The van der Waals surface area contributed by atoms with Gasteiger partial charge in [0.15, 0.2) is 11.4 Å². The molecule has 1 aliphatic heterocycles. The molecule has 10 nitrogen and oxygen atoms in total. The molecular weight excluding hydrogens is 636 g/mol. The second kappa shape index (κ2) is 11.4. The molecule has 0 radical (unpaired) electrons. The van der Waals surface area contributed by atoms with E-state index in [9.17, 15) is 41.0 Å². The maximum atomic E-state index is 14.7. The third-order valence-corrected chi connectivity index (χ3v) is 8.29. The number of pyridine rings is 2. The number of carbonyl (C=O) groups excluding carboxylic acids is 2. The van der Waals surface area contributed by atoms with Crippen molar-refractivity contribution in [1.82, 2.24) is 19.7 Å². The number of hydrogen-bond donors (Lipinski definition) is 3. The molecule has 3 aromatic heterocycles. The number of nitrogens with one attached hydrogen (secondary N) is 1. The summed E-state index contributed by atoms with van der Waals surface area (Å²) >= 11 is 0. The van der Waals surface area contributed by atoms with Crippen molar-refractivity contribution in [3.8, 4) is 22.8 Å². The quantitative estimate of drug-likeness (QED) is 0.214. The highest BCUT2D eigenvalue weighted by Crippen LogP contribution is 2.48. The molecule has 0 spiro atoms. The van der Waals surface area contributed by atoms with Gasteiger partial charge >= 0.3 is 6.18 Å². The molecule has 1 fully saturated rings. The van der Waals surface area contributed by atoms with Gasteiger partial charge in [-0.05, 0) is 56.2 Å². The Hall–Kier alpha value is -4.86. The second-order valence-electron chi connectivity index (χ2n) is 11.7. The Morgan fingerprint density at radius 3 is 2.49 bits per heavy atom. The normalized spacial score (nSPS) is 18.9. The summed E-state index contributed by atoms with van der Waals surface area (Å²) in [4.78, 5) is 34.2. The minimum atomic E-state index is -5.44. The third-order valence-electron chi connectivity index (χ3n) is 8.29. The first-order valence-electron chi connectivity index (χ1n) is 14.4. The number of rotatable bonds is 10. The summed E-state index contributed by atoms with van der Waals surface area (Å²) in [7, 11) is 0. The number of carbonyl (C=O) groups is 2. The van der Waals surface area contributed by atoms with Gasteiger partial charge in [0.25, 0.3) is 12.3 Å². The van der Waals surface area contributed by atoms with Crippen molar-refractivity contribution >= 4 is 17.5 Å². The van der Waals surface area contributed by atoms with Gasteiger partial charge in [-0.1, -0.05) is 0 Å². The van der Waals surface area contributed by atoms with Crippen molar-refractivity contribution in [2.24, 2.45) is 5.73 Å². The van der Waals surface area contributed by atoms with Crippen LogP contribution in [0.2, 0.25) is 0 Å². The lowest BCUT2D eigenvalue weighted by Crippen LogP contribution is -2.51. The van der Waals surface area contributed by atoms with Crippen LogP contribution >= 0.6 is 0 Å². The highest BCUT2D eigenvalue weighted by molar-refractivity contribution is 5.95. The molecule has 16 heteroatoms. The average Bonchev–Trinajstić information content (AvgIpc) is 3.69. The van der Waals surface area contributed by atoms with Gasteiger partial charge in [0.2, 0.25) is 11.5 Å². The lowest BCUT2D eigenvalue weighted by Gasteiger charge is -2.31. The number of hydrogen-bond acceptors (Lipinski definition) is 7. The molecule has 2 aliphatic rings. The molecule has 1 aromatic carbocycles. The Labute approximate surface area is 262 Å². The highest BCUT2D eigenvalue weighted by Gasteiger charge is 2.57.